The Morgan fingerprint density at radius 3 is 2.12 bits per heavy atom. The zero-order valence-corrected chi connectivity index (χ0v) is 11.0. The fraction of sp³-hybridized carbons (Fsp3) is 0. The zero-order chi connectivity index (χ0) is 10.9. The van der Waals surface area contributed by atoms with Crippen LogP contribution in [0.2, 0.25) is 0 Å². The van der Waals surface area contributed by atoms with Gasteiger partial charge in [-0.2, -0.15) is 0 Å². The van der Waals surface area contributed by atoms with Gasteiger partial charge in [0.25, 0.3) is 0 Å². The van der Waals surface area contributed by atoms with Gasteiger partial charge in [-0.3, -0.25) is 24.9 Å². The van der Waals surface area contributed by atoms with Gasteiger partial charge in [0.2, 0.25) is 0 Å². The van der Waals surface area contributed by atoms with Crippen LogP contribution in [0, 0.1) is 10.1 Å². The van der Waals surface area contributed by atoms with Crippen LogP contribution in [-0.2, 0) is 0 Å². The van der Waals surface area contributed by atoms with Gasteiger partial charge in [0.1, 0.15) is 0 Å². The number of hydrogen-bond acceptors (Lipinski definition) is 6. The van der Waals surface area contributed by atoms with Crippen molar-refractivity contribution in [2.24, 2.45) is 0 Å². The van der Waals surface area contributed by atoms with E-state index in [0.717, 1.165) is 0 Å². The minimum Gasteiger partial charge on any atom is -0.543 e. The molecule has 11 heteroatoms. The molecule has 0 atom stereocenters. The average molecular weight is 257 g/mol. The molecule has 0 radical (unpaired) electrons. The Balaban J connectivity index is 0. The molecule has 4 N–H and O–H groups in total. The third kappa shape index (κ3) is 3.62. The molecule has 0 bridgehead atoms. The van der Waals surface area contributed by atoms with Crippen molar-refractivity contribution in [3.8, 4) is 0 Å². The van der Waals surface area contributed by atoms with Gasteiger partial charge < -0.3 is 15.4 Å². The first-order valence-corrected chi connectivity index (χ1v) is 3.16. The third-order valence-corrected chi connectivity index (χ3v) is 1.30. The maximum absolute atomic E-state index is 10.8. The van der Waals surface area contributed by atoms with Gasteiger partial charge in [0.05, 0.1) is 10.9 Å². The number of aromatic carboxylic acids is 1. The normalized spacial score (nSPS) is 8.50. The maximum atomic E-state index is 10.8. The quantitative estimate of drug-likeness (QED) is 0.301. The van der Waals surface area contributed by atoms with Crippen molar-refractivity contribution >= 4 is 11.7 Å². The Hall–Kier alpha value is -0.854. The Bertz CT molecular complexity index is 517. The van der Waals surface area contributed by atoms with E-state index in [0.29, 0.717) is 0 Å². The summed E-state index contributed by atoms with van der Waals surface area (Å²) >= 11 is 0. The summed E-state index contributed by atoms with van der Waals surface area (Å²) in [4.78, 5) is 43.8. The molecule has 16 heavy (non-hydrogen) atoms. The molecule has 1 rings (SSSR count). The van der Waals surface area contributed by atoms with Gasteiger partial charge >= 0.3 is 68.3 Å². The van der Waals surface area contributed by atoms with Gasteiger partial charge in [0, 0.05) is 0 Å². The van der Waals surface area contributed by atoms with Crippen molar-refractivity contribution in [3.63, 3.8) is 0 Å². The second kappa shape index (κ2) is 6.67. The van der Waals surface area contributed by atoms with Crippen LogP contribution in [0.1, 0.15) is 10.5 Å². The molecule has 1 heterocycles. The third-order valence-electron chi connectivity index (χ3n) is 1.30. The number of nitro groups is 1. The number of carboxylic acid groups (broad SMARTS) is 1. The molecular formula is C5H4KN3O7. The van der Waals surface area contributed by atoms with E-state index < -0.39 is 33.5 Å². The van der Waals surface area contributed by atoms with Crippen LogP contribution in [0.15, 0.2) is 9.59 Å². The number of aromatic nitrogens is 2. The molecule has 0 aliphatic heterocycles. The first kappa shape index (κ1) is 17.5. The van der Waals surface area contributed by atoms with Crippen molar-refractivity contribution in [1.82, 2.24) is 9.97 Å². The van der Waals surface area contributed by atoms with Gasteiger partial charge in [-0.15, -0.1) is 0 Å². The van der Waals surface area contributed by atoms with Crippen molar-refractivity contribution in [3.05, 3.63) is 36.6 Å². The van der Waals surface area contributed by atoms with E-state index in [4.69, 9.17) is 0 Å². The van der Waals surface area contributed by atoms with Crippen molar-refractivity contribution < 1.29 is 71.7 Å². The number of aromatic amines is 2. The molecule has 0 aromatic carbocycles. The summed E-state index contributed by atoms with van der Waals surface area (Å²) in [6, 6.07) is 0. The van der Waals surface area contributed by atoms with E-state index in [9.17, 15) is 29.6 Å². The number of hydrogen-bond donors (Lipinski definition) is 2. The van der Waals surface area contributed by atoms with Crippen LogP contribution in [0.5, 0.6) is 0 Å². The second-order valence-corrected chi connectivity index (χ2v) is 2.18. The SMILES string of the molecule is O.O=C([O-])c1[nH]c(=O)[nH]c(=O)c1[N+](=O)[O-].[K+]. The molecule has 0 spiro atoms. The fourth-order valence-corrected chi connectivity index (χ4v) is 0.802. The summed E-state index contributed by atoms with van der Waals surface area (Å²) in [6.07, 6.45) is 0. The topological polar surface area (TPSA) is 180 Å². The molecule has 0 saturated heterocycles. The predicted octanol–water partition coefficient (Wildman–Crippen LogP) is -6.49. The summed E-state index contributed by atoms with van der Waals surface area (Å²) in [6.45, 7) is 0. The van der Waals surface area contributed by atoms with Crippen LogP contribution < -0.4 is 67.7 Å². The van der Waals surface area contributed by atoms with Crippen LogP contribution in [0.25, 0.3) is 0 Å². The monoisotopic (exact) mass is 257 g/mol. The number of nitrogens with zero attached hydrogens (tertiary/aromatic N) is 1. The summed E-state index contributed by atoms with van der Waals surface area (Å²) in [7, 11) is 0. The standard InChI is InChI=1S/C5H3N3O6.K.H2O/c9-3-2(8(13)14)1(4(10)11)6-5(12)7-3;;/h(H,10,11)(H2,6,7,9,12);;1H2/q;+1;/p-1. The Morgan fingerprint density at radius 1 is 1.25 bits per heavy atom. The Kier molecular flexibility index (Phi) is 7.31. The van der Waals surface area contributed by atoms with Crippen molar-refractivity contribution in [2.75, 3.05) is 0 Å². The molecule has 1 aromatic rings. The van der Waals surface area contributed by atoms with Crippen molar-refractivity contribution in [2.45, 2.75) is 0 Å². The first-order valence-electron chi connectivity index (χ1n) is 3.16. The second-order valence-electron chi connectivity index (χ2n) is 2.18. The largest absolute Gasteiger partial charge is 1.00 e. The number of carboxylic acids is 1. The number of carbonyl (C=O) groups is 1. The van der Waals surface area contributed by atoms with E-state index in [2.05, 4.69) is 0 Å². The molecule has 0 unspecified atom stereocenters. The number of carbonyl (C=O) groups excluding carboxylic acids is 1. The molecular weight excluding hydrogens is 253 g/mol. The minimum atomic E-state index is -2.00. The fourth-order valence-electron chi connectivity index (χ4n) is 0.802. The zero-order valence-electron chi connectivity index (χ0n) is 7.90. The molecule has 0 aliphatic rings. The van der Waals surface area contributed by atoms with E-state index in [1.165, 1.54) is 4.98 Å². The minimum absolute atomic E-state index is 0. The molecule has 0 saturated carbocycles. The summed E-state index contributed by atoms with van der Waals surface area (Å²) in [5.74, 6) is -2.00. The first-order chi connectivity index (χ1) is 6.43. The smallest absolute Gasteiger partial charge is 0.543 e. The van der Waals surface area contributed by atoms with Gasteiger partial charge in [-0.1, -0.05) is 0 Å². The van der Waals surface area contributed by atoms with Gasteiger partial charge in [0.15, 0.2) is 5.69 Å². The van der Waals surface area contributed by atoms with E-state index in [-0.39, 0.29) is 56.9 Å². The molecule has 0 amide bonds. The molecule has 10 nitrogen and oxygen atoms in total. The molecule has 0 fully saturated rings. The van der Waals surface area contributed by atoms with E-state index in [1.54, 1.807) is 4.98 Å². The number of rotatable bonds is 2. The molecule has 1 aromatic heterocycles. The Morgan fingerprint density at radius 2 is 1.75 bits per heavy atom. The van der Waals surface area contributed by atoms with Crippen LogP contribution in [-0.4, -0.2) is 26.3 Å². The van der Waals surface area contributed by atoms with Gasteiger partial charge in [-0.25, -0.2) is 4.79 Å². The summed E-state index contributed by atoms with van der Waals surface area (Å²) < 4.78 is 0. The van der Waals surface area contributed by atoms with Gasteiger partial charge in [-0.05, 0) is 0 Å². The molecule has 82 valence electrons. The van der Waals surface area contributed by atoms with E-state index in [1.807, 2.05) is 0 Å². The predicted molar refractivity (Wildman–Crippen MR) is 42.3 cm³/mol. The summed E-state index contributed by atoms with van der Waals surface area (Å²) in [5, 5.41) is 20.5. The van der Waals surface area contributed by atoms with Crippen LogP contribution in [0.4, 0.5) is 5.69 Å². The van der Waals surface area contributed by atoms with Crippen molar-refractivity contribution in [1.29, 1.82) is 0 Å². The van der Waals surface area contributed by atoms with Crippen LogP contribution in [0.3, 0.4) is 0 Å². The van der Waals surface area contributed by atoms with E-state index >= 15 is 0 Å². The number of nitrogens with one attached hydrogen (secondary N) is 2. The average Bonchev–Trinajstić information content (AvgIpc) is 2.01. The number of H-pyrrole nitrogens is 2. The maximum Gasteiger partial charge on any atom is 1.00 e. The molecule has 0 aliphatic carbocycles. The van der Waals surface area contributed by atoms with Crippen LogP contribution >= 0.6 is 0 Å². The Labute approximate surface area is 129 Å². The summed E-state index contributed by atoms with van der Waals surface area (Å²) in [5.41, 5.74) is -4.95.